The van der Waals surface area contributed by atoms with Crippen LogP contribution in [-0.4, -0.2) is 194 Å². The van der Waals surface area contributed by atoms with Gasteiger partial charge >= 0.3 is 39.4 Å². The predicted octanol–water partition coefficient (Wildman–Crippen LogP) is 17.3. The van der Waals surface area contributed by atoms with E-state index in [0.717, 1.165) is 79.3 Å². The molecule has 0 aliphatic carbocycles. The fourth-order valence-corrected chi connectivity index (χ4v) is 16.8. The summed E-state index contributed by atoms with van der Waals surface area (Å²) in [6.07, 6.45) is 11.9. The SMILES string of the molecule is CC1(C)OB(B2OC(C)(C)C(C)(C)O2)OC1(C)C.CC1=CN2C=C(Br)C=C(F)C2N1.Cc1cc(B2OC(C)(C)C(C)(C)O2)cc2c(=O)[nH]c(C3CCN(C(=O)OC(C)(C)C)CC3)nc12.Cc1cc(Br)cc2c(=O)[nH]c(C3CCN(C(=O)OC(C)(C)C)CC3)nc12.Cc1cn2cc(-c3cc(C)c4nc(C5CCN(C(=O)OC(C)(C)C)CC5)[nH]c(=O)c4c3)cc(F)c2n1. The second kappa shape index (κ2) is 36.3. The van der Waals surface area contributed by atoms with Gasteiger partial charge in [0.1, 0.15) is 40.1 Å². The lowest BCUT2D eigenvalue weighted by Crippen LogP contribution is -2.41. The van der Waals surface area contributed by atoms with Gasteiger partial charge < -0.3 is 86.4 Å². The number of ether oxygens (including phenoxy) is 3. The summed E-state index contributed by atoms with van der Waals surface area (Å²) in [4.78, 5) is 110. The number of fused-ring (bicyclic) bond motifs is 5. The highest BCUT2D eigenvalue weighted by molar-refractivity contribution is 9.12. The highest BCUT2D eigenvalue weighted by Gasteiger charge is 2.64. The van der Waals surface area contributed by atoms with Gasteiger partial charge in [-0.3, -0.25) is 14.4 Å². The second-order valence-electron chi connectivity index (χ2n) is 40.0. The number of carbonyl (C=O) groups is 3. The van der Waals surface area contributed by atoms with E-state index in [0.29, 0.717) is 102 Å². The molecule has 678 valence electrons. The number of aromatic amines is 3. The van der Waals surface area contributed by atoms with E-state index in [2.05, 4.69) is 57.1 Å². The van der Waals surface area contributed by atoms with E-state index in [1.807, 2.05) is 223 Å². The molecule has 13 heterocycles. The van der Waals surface area contributed by atoms with Crippen LogP contribution in [0.1, 0.15) is 248 Å². The Morgan fingerprint density at radius 3 is 1.23 bits per heavy atom. The topological polar surface area (TPSA) is 314 Å². The molecule has 6 saturated heterocycles. The van der Waals surface area contributed by atoms with Crippen LogP contribution in [0.3, 0.4) is 0 Å². The summed E-state index contributed by atoms with van der Waals surface area (Å²) in [5, 5.41) is 4.58. The van der Waals surface area contributed by atoms with Crippen LogP contribution in [0.4, 0.5) is 23.2 Å². The smallest absolute Gasteiger partial charge is 0.444 e. The number of imidazole rings is 1. The van der Waals surface area contributed by atoms with Crippen molar-refractivity contribution >= 4 is 115 Å². The number of rotatable bonds is 6. The van der Waals surface area contributed by atoms with Crippen molar-refractivity contribution in [1.29, 1.82) is 0 Å². The first-order chi connectivity index (χ1) is 58.3. The molecule has 35 heteroatoms. The minimum atomic E-state index is -0.538. The molecule has 4 N–H and O–H groups in total. The largest absolute Gasteiger partial charge is 0.494 e. The number of hydrogen-bond acceptors (Lipinski definition) is 21. The summed E-state index contributed by atoms with van der Waals surface area (Å²) < 4.78 is 83.7. The minimum Gasteiger partial charge on any atom is -0.444 e. The van der Waals surface area contributed by atoms with Gasteiger partial charge in [0.2, 0.25) is 0 Å². The first-order valence-corrected chi connectivity index (χ1v) is 44.8. The summed E-state index contributed by atoms with van der Waals surface area (Å²) in [5.41, 5.74) is 4.52. The van der Waals surface area contributed by atoms with Crippen molar-refractivity contribution in [2.45, 2.75) is 293 Å². The monoisotopic (exact) mass is 1870 g/mol. The molecule has 8 aromatic rings. The first-order valence-electron chi connectivity index (χ1n) is 43.3. The summed E-state index contributed by atoms with van der Waals surface area (Å²) in [5.74, 6) is 1.68. The molecule has 16 rings (SSSR count). The Balaban J connectivity index is 0.000000149. The highest BCUT2D eigenvalue weighted by Crippen LogP contribution is 2.44. The third kappa shape index (κ3) is 22.0. The number of halogens is 4. The quantitative estimate of drug-likeness (QED) is 0.0888. The predicted molar refractivity (Wildman–Crippen MR) is 494 cm³/mol. The minimum absolute atomic E-state index is 0.0425. The van der Waals surface area contributed by atoms with Gasteiger partial charge in [0.25, 0.3) is 16.7 Å². The zero-order valence-electron chi connectivity index (χ0n) is 77.6. The molecule has 6 fully saturated rings. The van der Waals surface area contributed by atoms with Crippen molar-refractivity contribution in [2.75, 3.05) is 39.3 Å². The Hall–Kier alpha value is -8.83. The van der Waals surface area contributed by atoms with E-state index in [1.54, 1.807) is 42.3 Å². The van der Waals surface area contributed by atoms with Crippen LogP contribution < -0.4 is 27.5 Å². The Morgan fingerprint density at radius 1 is 0.468 bits per heavy atom. The second-order valence-corrected chi connectivity index (χ2v) is 41.8. The molecule has 0 bridgehead atoms. The molecule has 5 aromatic heterocycles. The van der Waals surface area contributed by atoms with Gasteiger partial charge in [0.15, 0.2) is 17.6 Å². The van der Waals surface area contributed by atoms with Crippen LogP contribution in [0.2, 0.25) is 0 Å². The van der Waals surface area contributed by atoms with E-state index in [1.165, 1.54) is 12.1 Å². The molecular formula is C91H122B3Br2F2N13O15. The third-order valence-corrected chi connectivity index (χ3v) is 25.6. The summed E-state index contributed by atoms with van der Waals surface area (Å²) in [7, 11) is -1.49. The molecule has 3 amide bonds. The maximum absolute atomic E-state index is 14.7. The molecule has 126 heavy (non-hydrogen) atoms. The number of carbonyl (C=O) groups excluding carboxylic acids is 3. The third-order valence-electron chi connectivity index (χ3n) is 24.7. The van der Waals surface area contributed by atoms with Crippen molar-refractivity contribution in [2.24, 2.45) is 0 Å². The number of aromatic nitrogens is 8. The van der Waals surface area contributed by atoms with Gasteiger partial charge in [0, 0.05) is 102 Å². The van der Waals surface area contributed by atoms with Gasteiger partial charge in [0.05, 0.1) is 72.0 Å². The lowest BCUT2D eigenvalue weighted by atomic mass is 9.49. The molecule has 0 spiro atoms. The molecule has 1 atom stereocenters. The van der Waals surface area contributed by atoms with E-state index < -0.39 is 55.0 Å². The fraction of sp³-hybridized carbons (Fsp3) is 0.560. The van der Waals surface area contributed by atoms with Crippen LogP contribution >= 0.6 is 31.9 Å². The lowest BCUT2D eigenvalue weighted by Gasteiger charge is -2.33. The van der Waals surface area contributed by atoms with Gasteiger partial charge in [-0.15, -0.1) is 0 Å². The molecule has 0 radical (unpaired) electrons. The Kier molecular flexibility index (Phi) is 27.7. The number of hydrogen-bond donors (Lipinski definition) is 4. The molecule has 1 unspecified atom stereocenters. The van der Waals surface area contributed by atoms with Crippen LogP contribution in [0.15, 0.2) is 108 Å². The average Bonchev–Trinajstić information content (AvgIpc) is 1.42. The number of H-pyrrole nitrogens is 3. The lowest BCUT2D eigenvalue weighted by molar-refractivity contribution is 0.00578. The fourth-order valence-electron chi connectivity index (χ4n) is 15.8. The van der Waals surface area contributed by atoms with Crippen molar-refractivity contribution in [1.82, 2.24) is 64.2 Å². The van der Waals surface area contributed by atoms with E-state index in [-0.39, 0.29) is 92.8 Å². The normalized spacial score (nSPS) is 20.4. The molecule has 0 saturated carbocycles. The molecule has 3 aromatic carbocycles. The zero-order chi connectivity index (χ0) is 92.6. The maximum atomic E-state index is 14.7. The van der Waals surface area contributed by atoms with Crippen LogP contribution in [0, 0.1) is 33.5 Å². The standard InChI is InChI=1S/C27H30FN5O3.C25H36BN3O5.C19H24BrN3O3.C12H24B2O4.C8H8BrFN2/c1-15-10-18(19-12-21(28)24-29-16(2)13-33(24)14-19)11-20-22(15)30-23(31-25(20)34)17-6-8-32(9-7-17)26(35)36-27(3,4)5;1-15-13-17(26-33-24(5,6)25(7,8)34-26)14-18-19(15)27-20(28-21(18)30)16-9-11-29(12-10-16)22(31)32-23(2,3)4;1-11-9-13(20)10-14-15(11)21-16(22-17(14)24)12-5-7-23(8-6-12)18(25)26-19(2,3)4;1-9(2)10(3,4)16-13(15-9)14-17-11(5,6)12(7,8)18-14;1-5-3-12-4-6(9)2-7(10)8(12)11-5/h10-14,17H,6-9H2,1-5H3,(H,30,31,34);13-14,16H,9-12H2,1-8H3,(H,27,28,30);9-10,12H,5-8H2,1-4H3,(H,21,22,24);1-8H3;2-4,8,11H,1H3. The van der Waals surface area contributed by atoms with E-state index in [4.69, 9.17) is 57.1 Å². The number of piperidine rings is 3. The number of allylic oxidation sites excluding steroid dienone is 3. The van der Waals surface area contributed by atoms with Gasteiger partial charge in [-0.1, -0.05) is 22.0 Å². The van der Waals surface area contributed by atoms with E-state index in [9.17, 15) is 37.5 Å². The summed E-state index contributed by atoms with van der Waals surface area (Å²) in [6.45, 7) is 53.9. The highest BCUT2D eigenvalue weighted by atomic mass is 79.9. The van der Waals surface area contributed by atoms with Crippen molar-refractivity contribution in [3.63, 3.8) is 0 Å². The Labute approximate surface area is 753 Å². The Bertz CT molecular complexity index is 5690. The van der Waals surface area contributed by atoms with Crippen LogP contribution in [-0.2, 0) is 42.1 Å². The van der Waals surface area contributed by atoms with Gasteiger partial charge in [-0.05, 0) is 305 Å². The zero-order valence-corrected chi connectivity index (χ0v) is 80.8. The summed E-state index contributed by atoms with van der Waals surface area (Å²) in [6, 6.07) is 12.7. The number of nitrogens with one attached hydrogen (secondary N) is 4. The number of pyridine rings is 1. The first kappa shape index (κ1) is 96.3. The molecular weight excluding hydrogens is 1750 g/mol. The number of benzene rings is 3. The van der Waals surface area contributed by atoms with Crippen molar-refractivity contribution < 1.29 is 65.3 Å². The van der Waals surface area contributed by atoms with Gasteiger partial charge in [-0.2, -0.15) is 0 Å². The van der Waals surface area contributed by atoms with Crippen molar-refractivity contribution in [3.8, 4) is 11.1 Å². The number of aryl methyl sites for hydroxylation is 4. The van der Waals surface area contributed by atoms with Crippen LogP contribution in [0.25, 0.3) is 49.5 Å². The number of nitrogens with zero attached hydrogens (tertiary/aromatic N) is 9. The molecule has 28 nitrogen and oxygen atoms in total. The molecule has 8 aliphatic rings. The van der Waals surface area contributed by atoms with Gasteiger partial charge in [-0.25, -0.2) is 43.1 Å². The van der Waals surface area contributed by atoms with Crippen molar-refractivity contribution in [3.05, 3.63) is 171 Å². The van der Waals surface area contributed by atoms with E-state index >= 15 is 0 Å². The maximum Gasteiger partial charge on any atom is 0.494 e. The Morgan fingerprint density at radius 2 is 0.833 bits per heavy atom. The number of likely N-dealkylation sites (tertiary alicyclic amines) is 3. The van der Waals surface area contributed by atoms with Crippen LogP contribution in [0.5, 0.6) is 0 Å². The molecule has 8 aliphatic heterocycles. The average molecular weight is 1870 g/mol. The number of amides is 3. The summed E-state index contributed by atoms with van der Waals surface area (Å²) >= 11 is 6.65.